The van der Waals surface area contributed by atoms with Gasteiger partial charge in [-0.2, -0.15) is 0 Å². The Kier molecular flexibility index (Phi) is 3.80. The Balaban J connectivity index is 1.77. The van der Waals surface area contributed by atoms with E-state index in [4.69, 9.17) is 9.84 Å². The maximum Gasteiger partial charge on any atom is 0.115 e. The van der Waals surface area contributed by atoms with Crippen LogP contribution in [0.1, 0.15) is 24.8 Å². The maximum absolute atomic E-state index is 9.17. The molecule has 0 amide bonds. The molecular weight excluding hydrogens is 202 g/mol. The molecule has 0 aliphatic heterocycles. The van der Waals surface area contributed by atoms with E-state index in [9.17, 15) is 0 Å². The monoisotopic (exact) mass is 221 g/mol. The van der Waals surface area contributed by atoms with Crippen molar-refractivity contribution in [2.75, 3.05) is 7.11 Å². The van der Waals surface area contributed by atoms with Gasteiger partial charge in [0.25, 0.3) is 0 Å². The summed E-state index contributed by atoms with van der Waals surface area (Å²) in [6, 6.07) is 7.92. The lowest BCUT2D eigenvalue weighted by molar-refractivity contribution is 0.107. The first-order chi connectivity index (χ1) is 7.78. The van der Waals surface area contributed by atoms with E-state index in [1.165, 1.54) is 12.0 Å². The van der Waals surface area contributed by atoms with Crippen LogP contribution in [0.15, 0.2) is 24.3 Å². The summed E-state index contributed by atoms with van der Waals surface area (Å²) in [6.07, 6.45) is 3.88. The van der Waals surface area contributed by atoms with Gasteiger partial charge in [-0.15, -0.1) is 0 Å². The normalized spacial score (nSPS) is 24.8. The van der Waals surface area contributed by atoms with Gasteiger partial charge in [-0.3, -0.25) is 0 Å². The van der Waals surface area contributed by atoms with Crippen LogP contribution in [-0.4, -0.2) is 24.4 Å². The minimum atomic E-state index is 0.323. The molecule has 2 rings (SSSR count). The smallest absolute Gasteiger partial charge is 0.115 e. The van der Waals surface area contributed by atoms with Crippen molar-refractivity contribution in [1.29, 1.82) is 0 Å². The molecule has 1 fully saturated rings. The quantitative estimate of drug-likeness (QED) is 0.817. The first-order valence-corrected chi connectivity index (χ1v) is 5.82. The second-order valence-corrected chi connectivity index (χ2v) is 4.42. The Hall–Kier alpha value is -1.06. The Morgan fingerprint density at radius 1 is 1.31 bits per heavy atom. The van der Waals surface area contributed by atoms with E-state index in [1.54, 1.807) is 19.2 Å². The van der Waals surface area contributed by atoms with E-state index in [0.29, 0.717) is 17.9 Å². The van der Waals surface area contributed by atoms with Gasteiger partial charge in [0.2, 0.25) is 0 Å². The molecule has 3 heteroatoms. The molecule has 1 aliphatic rings. The summed E-state index contributed by atoms with van der Waals surface area (Å²) in [7, 11) is 1.78. The number of ether oxygens (including phenoxy) is 1. The fourth-order valence-corrected chi connectivity index (χ4v) is 2.22. The molecule has 16 heavy (non-hydrogen) atoms. The minimum Gasteiger partial charge on any atom is -0.508 e. The summed E-state index contributed by atoms with van der Waals surface area (Å²) in [4.78, 5) is 0. The van der Waals surface area contributed by atoms with E-state index in [0.717, 1.165) is 19.4 Å². The van der Waals surface area contributed by atoms with Gasteiger partial charge in [-0.05, 0) is 37.0 Å². The third-order valence-corrected chi connectivity index (χ3v) is 3.25. The molecular formula is C13H19NO2. The zero-order valence-electron chi connectivity index (χ0n) is 9.65. The fraction of sp³-hybridized carbons (Fsp3) is 0.538. The van der Waals surface area contributed by atoms with Crippen LogP contribution in [0.2, 0.25) is 0 Å². The lowest BCUT2D eigenvalue weighted by atomic mass is 10.2. The molecule has 0 radical (unpaired) electrons. The molecule has 0 spiro atoms. The molecule has 0 saturated heterocycles. The lowest BCUT2D eigenvalue weighted by Gasteiger charge is -2.12. The van der Waals surface area contributed by atoms with Gasteiger partial charge in [0.05, 0.1) is 6.10 Å². The minimum absolute atomic E-state index is 0.323. The largest absolute Gasteiger partial charge is 0.508 e. The van der Waals surface area contributed by atoms with Crippen molar-refractivity contribution in [3.63, 3.8) is 0 Å². The number of aromatic hydroxyl groups is 1. The van der Waals surface area contributed by atoms with Crippen LogP contribution >= 0.6 is 0 Å². The summed E-state index contributed by atoms with van der Waals surface area (Å²) in [6.45, 7) is 0.862. The molecule has 2 N–H and O–H groups in total. The van der Waals surface area contributed by atoms with Crippen molar-refractivity contribution >= 4 is 0 Å². The molecule has 88 valence electrons. The second kappa shape index (κ2) is 5.32. The highest BCUT2D eigenvalue weighted by molar-refractivity contribution is 5.25. The zero-order valence-corrected chi connectivity index (χ0v) is 9.65. The molecule has 1 aromatic carbocycles. The molecule has 0 heterocycles. The van der Waals surface area contributed by atoms with Gasteiger partial charge in [0.1, 0.15) is 5.75 Å². The Morgan fingerprint density at radius 2 is 2.06 bits per heavy atom. The van der Waals surface area contributed by atoms with Gasteiger partial charge >= 0.3 is 0 Å². The van der Waals surface area contributed by atoms with E-state index in [1.807, 2.05) is 12.1 Å². The zero-order chi connectivity index (χ0) is 11.4. The predicted molar refractivity (Wildman–Crippen MR) is 63.4 cm³/mol. The average molecular weight is 221 g/mol. The molecule has 1 aromatic rings. The summed E-state index contributed by atoms with van der Waals surface area (Å²) >= 11 is 0. The van der Waals surface area contributed by atoms with Crippen LogP contribution in [0.3, 0.4) is 0 Å². The van der Waals surface area contributed by atoms with Crippen molar-refractivity contribution < 1.29 is 9.84 Å². The van der Waals surface area contributed by atoms with Crippen LogP contribution in [-0.2, 0) is 11.3 Å². The van der Waals surface area contributed by atoms with Crippen LogP contribution in [0, 0.1) is 0 Å². The van der Waals surface area contributed by atoms with Gasteiger partial charge in [-0.1, -0.05) is 12.1 Å². The van der Waals surface area contributed by atoms with Crippen molar-refractivity contribution in [1.82, 2.24) is 5.32 Å². The molecule has 3 nitrogen and oxygen atoms in total. The average Bonchev–Trinajstić information content (AvgIpc) is 2.76. The Bertz CT molecular complexity index is 323. The van der Waals surface area contributed by atoms with Crippen LogP contribution in [0.4, 0.5) is 0 Å². The van der Waals surface area contributed by atoms with E-state index in [2.05, 4.69) is 5.32 Å². The summed E-state index contributed by atoms with van der Waals surface area (Å²) in [5.41, 5.74) is 1.21. The van der Waals surface area contributed by atoms with E-state index in [-0.39, 0.29) is 0 Å². The lowest BCUT2D eigenvalue weighted by Crippen LogP contribution is -2.26. The highest BCUT2D eigenvalue weighted by atomic mass is 16.5. The van der Waals surface area contributed by atoms with E-state index < -0.39 is 0 Å². The highest BCUT2D eigenvalue weighted by Crippen LogP contribution is 2.21. The van der Waals surface area contributed by atoms with Crippen molar-refractivity contribution in [3.8, 4) is 5.75 Å². The molecule has 2 unspecified atom stereocenters. The molecule has 0 bridgehead atoms. The predicted octanol–water partition coefficient (Wildman–Crippen LogP) is 2.05. The van der Waals surface area contributed by atoms with Crippen LogP contribution in [0.5, 0.6) is 5.75 Å². The van der Waals surface area contributed by atoms with Crippen molar-refractivity contribution in [3.05, 3.63) is 29.8 Å². The number of methoxy groups -OCH3 is 1. The number of hydrogen-bond donors (Lipinski definition) is 2. The topological polar surface area (TPSA) is 41.5 Å². The molecule has 0 aromatic heterocycles. The molecule has 1 aliphatic carbocycles. The Labute approximate surface area is 96.4 Å². The number of rotatable bonds is 4. The number of phenolic OH excluding ortho intramolecular Hbond substituents is 1. The van der Waals surface area contributed by atoms with Gasteiger partial charge < -0.3 is 15.2 Å². The van der Waals surface area contributed by atoms with Gasteiger partial charge in [0.15, 0.2) is 0 Å². The third-order valence-electron chi connectivity index (χ3n) is 3.25. The third kappa shape index (κ3) is 2.97. The number of nitrogens with one attached hydrogen (secondary N) is 1. The van der Waals surface area contributed by atoms with Crippen molar-refractivity contribution in [2.24, 2.45) is 0 Å². The van der Waals surface area contributed by atoms with Crippen molar-refractivity contribution in [2.45, 2.75) is 38.0 Å². The van der Waals surface area contributed by atoms with Crippen LogP contribution in [0.25, 0.3) is 0 Å². The summed E-state index contributed by atoms with van der Waals surface area (Å²) in [5, 5.41) is 12.7. The maximum atomic E-state index is 9.17. The molecule has 1 saturated carbocycles. The SMILES string of the molecule is COC1CCC(NCc2ccc(O)cc2)C1. The van der Waals surface area contributed by atoms with Gasteiger partial charge in [0, 0.05) is 19.7 Å². The van der Waals surface area contributed by atoms with E-state index >= 15 is 0 Å². The second-order valence-electron chi connectivity index (χ2n) is 4.42. The summed E-state index contributed by atoms with van der Waals surface area (Å²) in [5.74, 6) is 0.323. The van der Waals surface area contributed by atoms with Crippen LogP contribution < -0.4 is 5.32 Å². The van der Waals surface area contributed by atoms with Gasteiger partial charge in [-0.25, -0.2) is 0 Å². The first-order valence-electron chi connectivity index (χ1n) is 5.82. The number of hydrogen-bond acceptors (Lipinski definition) is 3. The molecule has 2 atom stereocenters. The Morgan fingerprint density at radius 3 is 2.69 bits per heavy atom. The fourth-order valence-electron chi connectivity index (χ4n) is 2.22. The number of phenols is 1. The highest BCUT2D eigenvalue weighted by Gasteiger charge is 2.23. The first kappa shape index (κ1) is 11.4. The standard InChI is InChI=1S/C13H19NO2/c1-16-13-7-4-11(8-13)14-9-10-2-5-12(15)6-3-10/h2-3,5-6,11,13-15H,4,7-9H2,1H3. The summed E-state index contributed by atoms with van der Waals surface area (Å²) < 4.78 is 5.34. The number of benzene rings is 1.